The molecule has 3 nitrogen and oxygen atoms in total. The van der Waals surface area contributed by atoms with Crippen LogP contribution in [-0.2, 0) is 0 Å². The van der Waals surface area contributed by atoms with Crippen LogP contribution in [0.3, 0.4) is 0 Å². The number of halogens is 3. The van der Waals surface area contributed by atoms with Crippen molar-refractivity contribution >= 4 is 55.8 Å². The fraction of sp³-hybridized carbons (Fsp3) is 0. The van der Waals surface area contributed by atoms with E-state index in [1.165, 1.54) is 35.6 Å². The molecule has 0 atom stereocenters. The van der Waals surface area contributed by atoms with E-state index in [9.17, 15) is 9.18 Å². The maximum Gasteiger partial charge on any atom is 0.258 e. The Labute approximate surface area is 133 Å². The first-order valence-electron chi connectivity index (χ1n) is 5.85. The number of amides is 1. The average molecular weight is 341 g/mol. The fourth-order valence-electron chi connectivity index (χ4n) is 1.79. The first kappa shape index (κ1) is 14.3. The summed E-state index contributed by atoms with van der Waals surface area (Å²) in [4.78, 5) is 16.4. The molecule has 1 N–H and O–H groups in total. The summed E-state index contributed by atoms with van der Waals surface area (Å²) in [5.41, 5.74) is 0.922. The molecule has 0 spiro atoms. The van der Waals surface area contributed by atoms with Gasteiger partial charge in [0.15, 0.2) is 5.13 Å². The molecule has 1 amide bonds. The van der Waals surface area contributed by atoms with Crippen LogP contribution in [-0.4, -0.2) is 10.9 Å². The molecule has 21 heavy (non-hydrogen) atoms. The highest BCUT2D eigenvalue weighted by Crippen LogP contribution is 2.28. The van der Waals surface area contributed by atoms with Crippen LogP contribution in [0.5, 0.6) is 0 Å². The lowest BCUT2D eigenvalue weighted by molar-refractivity contribution is 0.102. The standard InChI is InChI=1S/C14H7Cl2FN2OS/c15-7-1-3-9(10(16)5-7)13(20)19-14-18-11-4-2-8(17)6-12(11)21-14/h1-6H,(H,18,19,20). The van der Waals surface area contributed by atoms with Crippen molar-refractivity contribution in [3.8, 4) is 0 Å². The molecule has 7 heteroatoms. The van der Waals surface area contributed by atoms with Gasteiger partial charge in [0, 0.05) is 5.02 Å². The number of rotatable bonds is 2. The number of aromatic nitrogens is 1. The van der Waals surface area contributed by atoms with Gasteiger partial charge in [-0.15, -0.1) is 0 Å². The van der Waals surface area contributed by atoms with Crippen LogP contribution >= 0.6 is 34.5 Å². The highest BCUT2D eigenvalue weighted by molar-refractivity contribution is 7.22. The molecule has 0 fully saturated rings. The molecule has 0 aliphatic carbocycles. The van der Waals surface area contributed by atoms with E-state index in [1.54, 1.807) is 12.1 Å². The van der Waals surface area contributed by atoms with Crippen LogP contribution in [0.15, 0.2) is 36.4 Å². The van der Waals surface area contributed by atoms with Crippen LogP contribution in [0.2, 0.25) is 10.0 Å². The van der Waals surface area contributed by atoms with Gasteiger partial charge in [0.05, 0.1) is 20.8 Å². The van der Waals surface area contributed by atoms with Crippen molar-refractivity contribution in [2.75, 3.05) is 5.32 Å². The van der Waals surface area contributed by atoms with Gasteiger partial charge in [-0.25, -0.2) is 9.37 Å². The third kappa shape index (κ3) is 3.00. The van der Waals surface area contributed by atoms with E-state index in [0.717, 1.165) is 0 Å². The lowest BCUT2D eigenvalue weighted by Gasteiger charge is -2.04. The second-order valence-corrected chi connectivity index (χ2v) is 6.08. The van der Waals surface area contributed by atoms with E-state index < -0.39 is 5.91 Å². The van der Waals surface area contributed by atoms with Crippen LogP contribution in [0.25, 0.3) is 10.2 Å². The van der Waals surface area contributed by atoms with E-state index in [-0.39, 0.29) is 10.8 Å². The maximum atomic E-state index is 13.1. The quantitative estimate of drug-likeness (QED) is 0.713. The molecule has 0 bridgehead atoms. The molecule has 2 aromatic carbocycles. The summed E-state index contributed by atoms with van der Waals surface area (Å²) >= 11 is 13.0. The van der Waals surface area contributed by atoms with E-state index in [2.05, 4.69) is 10.3 Å². The zero-order valence-corrected chi connectivity index (χ0v) is 12.7. The number of carbonyl (C=O) groups excluding carboxylic acids is 1. The van der Waals surface area contributed by atoms with Crippen molar-refractivity contribution < 1.29 is 9.18 Å². The van der Waals surface area contributed by atoms with E-state index in [0.29, 0.717) is 25.9 Å². The number of carbonyl (C=O) groups is 1. The Bertz CT molecular complexity index is 850. The third-order valence-corrected chi connectivity index (χ3v) is 4.23. The minimum Gasteiger partial charge on any atom is -0.298 e. The van der Waals surface area contributed by atoms with Gasteiger partial charge in [0.2, 0.25) is 0 Å². The molecule has 1 heterocycles. The summed E-state index contributed by atoms with van der Waals surface area (Å²) in [5, 5.41) is 3.73. The van der Waals surface area contributed by atoms with Crippen molar-refractivity contribution in [2.45, 2.75) is 0 Å². The molecule has 106 valence electrons. The van der Waals surface area contributed by atoms with E-state index in [1.807, 2.05) is 0 Å². The first-order valence-corrected chi connectivity index (χ1v) is 7.43. The Morgan fingerprint density at radius 2 is 2.00 bits per heavy atom. The van der Waals surface area contributed by atoms with Gasteiger partial charge in [0.1, 0.15) is 5.82 Å². The third-order valence-electron chi connectivity index (χ3n) is 2.75. The highest BCUT2D eigenvalue weighted by atomic mass is 35.5. The molecule has 1 aromatic heterocycles. The monoisotopic (exact) mass is 340 g/mol. The number of benzene rings is 2. The van der Waals surface area contributed by atoms with Crippen molar-refractivity contribution in [3.05, 3.63) is 57.8 Å². The number of thiazole rings is 1. The van der Waals surface area contributed by atoms with Gasteiger partial charge >= 0.3 is 0 Å². The number of hydrogen-bond donors (Lipinski definition) is 1. The number of nitrogens with one attached hydrogen (secondary N) is 1. The zero-order chi connectivity index (χ0) is 15.0. The second-order valence-electron chi connectivity index (χ2n) is 4.21. The SMILES string of the molecule is O=C(Nc1nc2ccc(F)cc2s1)c1ccc(Cl)cc1Cl. The van der Waals surface area contributed by atoms with Gasteiger partial charge in [0.25, 0.3) is 5.91 Å². The van der Waals surface area contributed by atoms with Crippen molar-refractivity contribution in [2.24, 2.45) is 0 Å². The van der Waals surface area contributed by atoms with Gasteiger partial charge in [-0.1, -0.05) is 34.5 Å². The second kappa shape index (κ2) is 5.60. The van der Waals surface area contributed by atoms with Crippen molar-refractivity contribution in [1.82, 2.24) is 4.98 Å². The summed E-state index contributed by atoms with van der Waals surface area (Å²) in [7, 11) is 0. The lowest BCUT2D eigenvalue weighted by atomic mass is 10.2. The van der Waals surface area contributed by atoms with Gasteiger partial charge < -0.3 is 0 Å². The number of anilines is 1. The lowest BCUT2D eigenvalue weighted by Crippen LogP contribution is -2.12. The van der Waals surface area contributed by atoms with Gasteiger partial charge in [-0.05, 0) is 36.4 Å². The van der Waals surface area contributed by atoms with Crippen molar-refractivity contribution in [3.63, 3.8) is 0 Å². The molecular formula is C14H7Cl2FN2OS. The summed E-state index contributed by atoms with van der Waals surface area (Å²) < 4.78 is 13.8. The number of fused-ring (bicyclic) bond motifs is 1. The molecular weight excluding hydrogens is 334 g/mol. The Morgan fingerprint density at radius 1 is 1.19 bits per heavy atom. The fourth-order valence-corrected chi connectivity index (χ4v) is 3.17. The minimum absolute atomic E-state index is 0.257. The number of nitrogens with zero attached hydrogens (tertiary/aromatic N) is 1. The molecule has 3 rings (SSSR count). The largest absolute Gasteiger partial charge is 0.298 e. The molecule has 0 radical (unpaired) electrons. The predicted octanol–water partition coefficient (Wildman–Crippen LogP) is 4.99. The average Bonchev–Trinajstić information content (AvgIpc) is 2.79. The molecule has 0 unspecified atom stereocenters. The Kier molecular flexibility index (Phi) is 3.80. The minimum atomic E-state index is -0.392. The zero-order valence-electron chi connectivity index (χ0n) is 10.4. The smallest absolute Gasteiger partial charge is 0.258 e. The van der Waals surface area contributed by atoms with Crippen molar-refractivity contribution in [1.29, 1.82) is 0 Å². The van der Waals surface area contributed by atoms with Crippen LogP contribution in [0, 0.1) is 5.82 Å². The van der Waals surface area contributed by atoms with Crippen LogP contribution < -0.4 is 5.32 Å². The summed E-state index contributed by atoms with van der Waals surface area (Å²) in [6, 6.07) is 8.86. The topological polar surface area (TPSA) is 42.0 Å². The summed E-state index contributed by atoms with van der Waals surface area (Å²) in [5.74, 6) is -0.735. The Balaban J connectivity index is 1.89. The van der Waals surface area contributed by atoms with E-state index in [4.69, 9.17) is 23.2 Å². The van der Waals surface area contributed by atoms with Crippen LogP contribution in [0.1, 0.15) is 10.4 Å². The van der Waals surface area contributed by atoms with Crippen LogP contribution in [0.4, 0.5) is 9.52 Å². The van der Waals surface area contributed by atoms with Gasteiger partial charge in [-0.2, -0.15) is 0 Å². The summed E-state index contributed by atoms with van der Waals surface area (Å²) in [6.07, 6.45) is 0. The van der Waals surface area contributed by atoms with Gasteiger partial charge in [-0.3, -0.25) is 10.1 Å². The van der Waals surface area contributed by atoms with E-state index >= 15 is 0 Å². The number of hydrogen-bond acceptors (Lipinski definition) is 3. The Hall–Kier alpha value is -1.69. The first-order chi connectivity index (χ1) is 10.0. The molecule has 0 aliphatic heterocycles. The highest BCUT2D eigenvalue weighted by Gasteiger charge is 2.13. The maximum absolute atomic E-state index is 13.1. The molecule has 0 saturated heterocycles. The predicted molar refractivity (Wildman–Crippen MR) is 84.0 cm³/mol. The molecule has 0 aliphatic rings. The Morgan fingerprint density at radius 3 is 2.76 bits per heavy atom. The normalized spacial score (nSPS) is 10.8. The molecule has 0 saturated carbocycles. The molecule has 3 aromatic rings. The summed E-state index contributed by atoms with van der Waals surface area (Å²) in [6.45, 7) is 0.